The van der Waals surface area contributed by atoms with Gasteiger partial charge in [-0.3, -0.25) is 4.99 Å². The lowest BCUT2D eigenvalue weighted by Crippen LogP contribution is -2.18. The van der Waals surface area contributed by atoms with E-state index in [0.717, 1.165) is 24.3 Å². The minimum absolute atomic E-state index is 0.468. The maximum atomic E-state index is 9.86. The molecule has 1 aliphatic rings. The van der Waals surface area contributed by atoms with Crippen molar-refractivity contribution in [3.63, 3.8) is 0 Å². The van der Waals surface area contributed by atoms with Gasteiger partial charge in [-0.25, -0.2) is 0 Å². The van der Waals surface area contributed by atoms with Crippen LogP contribution in [0, 0.1) is 0 Å². The summed E-state index contributed by atoms with van der Waals surface area (Å²) in [7, 11) is 0. The second kappa shape index (κ2) is 5.09. The first-order valence-electron chi connectivity index (χ1n) is 5.56. The molecule has 1 heterocycles. The second-order valence-corrected chi connectivity index (χ2v) is 3.90. The standard InChI is InChI=1S/C12H17N3O/c13-5-4-12(16)10-2-1-3-11(8-10)15-7-6-14-9-15/h1-3,8-9,12,16H,4-7,13H2. The Morgan fingerprint density at radius 3 is 3.06 bits per heavy atom. The molecule has 0 fully saturated rings. The van der Waals surface area contributed by atoms with E-state index in [0.29, 0.717) is 13.0 Å². The topological polar surface area (TPSA) is 61.9 Å². The molecule has 1 aromatic carbocycles. The molecular weight excluding hydrogens is 202 g/mol. The molecule has 1 aliphatic heterocycles. The molecular formula is C12H17N3O. The Morgan fingerprint density at radius 2 is 2.38 bits per heavy atom. The van der Waals surface area contributed by atoms with Crippen LogP contribution in [0.4, 0.5) is 5.69 Å². The van der Waals surface area contributed by atoms with Gasteiger partial charge in [-0.15, -0.1) is 0 Å². The molecule has 0 saturated carbocycles. The molecule has 0 aliphatic carbocycles. The molecule has 0 saturated heterocycles. The smallest absolute Gasteiger partial charge is 0.0895 e. The Labute approximate surface area is 95.4 Å². The van der Waals surface area contributed by atoms with Crippen LogP contribution in [0.25, 0.3) is 0 Å². The highest BCUT2D eigenvalue weighted by atomic mass is 16.3. The van der Waals surface area contributed by atoms with Crippen molar-refractivity contribution in [1.29, 1.82) is 0 Å². The first-order chi connectivity index (χ1) is 7.81. The molecule has 0 radical (unpaired) electrons. The van der Waals surface area contributed by atoms with Crippen molar-refractivity contribution in [3.8, 4) is 0 Å². The van der Waals surface area contributed by atoms with Gasteiger partial charge in [-0.2, -0.15) is 0 Å². The number of nitrogens with zero attached hydrogens (tertiary/aromatic N) is 2. The zero-order valence-corrected chi connectivity index (χ0v) is 9.21. The van der Waals surface area contributed by atoms with Crippen molar-refractivity contribution < 1.29 is 5.11 Å². The van der Waals surface area contributed by atoms with Crippen LogP contribution in [-0.2, 0) is 0 Å². The third kappa shape index (κ3) is 2.40. The average molecular weight is 219 g/mol. The molecule has 86 valence electrons. The highest BCUT2D eigenvalue weighted by Crippen LogP contribution is 2.22. The minimum atomic E-state index is -0.468. The van der Waals surface area contributed by atoms with E-state index in [4.69, 9.17) is 5.73 Å². The van der Waals surface area contributed by atoms with Gasteiger partial charge < -0.3 is 15.7 Å². The highest BCUT2D eigenvalue weighted by Gasteiger charge is 2.11. The quantitative estimate of drug-likeness (QED) is 0.791. The number of aliphatic hydroxyl groups is 1. The molecule has 4 nitrogen and oxygen atoms in total. The van der Waals surface area contributed by atoms with E-state index in [-0.39, 0.29) is 0 Å². The van der Waals surface area contributed by atoms with Crippen LogP contribution in [0.3, 0.4) is 0 Å². The van der Waals surface area contributed by atoms with Crippen LogP contribution in [-0.4, -0.2) is 31.1 Å². The third-order valence-electron chi connectivity index (χ3n) is 2.72. The summed E-state index contributed by atoms with van der Waals surface area (Å²) >= 11 is 0. The van der Waals surface area contributed by atoms with Crippen LogP contribution in [0.1, 0.15) is 18.1 Å². The molecule has 4 heteroatoms. The Balaban J connectivity index is 2.15. The van der Waals surface area contributed by atoms with E-state index in [1.165, 1.54) is 0 Å². The fourth-order valence-corrected chi connectivity index (χ4v) is 1.81. The largest absolute Gasteiger partial charge is 0.388 e. The molecule has 16 heavy (non-hydrogen) atoms. The maximum Gasteiger partial charge on any atom is 0.0895 e. The summed E-state index contributed by atoms with van der Waals surface area (Å²) in [4.78, 5) is 6.25. The number of aliphatic hydroxyl groups excluding tert-OH is 1. The maximum absolute atomic E-state index is 9.86. The predicted molar refractivity (Wildman–Crippen MR) is 65.8 cm³/mol. The average Bonchev–Trinajstić information content (AvgIpc) is 2.83. The lowest BCUT2D eigenvalue weighted by Gasteiger charge is -2.16. The summed E-state index contributed by atoms with van der Waals surface area (Å²) in [5.41, 5.74) is 7.43. The molecule has 0 bridgehead atoms. The van der Waals surface area contributed by atoms with E-state index in [1.54, 1.807) is 0 Å². The molecule has 0 spiro atoms. The van der Waals surface area contributed by atoms with Gasteiger partial charge in [-0.05, 0) is 30.7 Å². The summed E-state index contributed by atoms with van der Waals surface area (Å²) in [6, 6.07) is 7.90. The summed E-state index contributed by atoms with van der Waals surface area (Å²) in [5, 5.41) is 9.86. The van der Waals surface area contributed by atoms with Gasteiger partial charge in [0.1, 0.15) is 0 Å². The zero-order valence-electron chi connectivity index (χ0n) is 9.21. The minimum Gasteiger partial charge on any atom is -0.388 e. The Bertz CT molecular complexity index is 378. The fourth-order valence-electron chi connectivity index (χ4n) is 1.81. The molecule has 3 N–H and O–H groups in total. The Morgan fingerprint density at radius 1 is 1.50 bits per heavy atom. The van der Waals surface area contributed by atoms with Gasteiger partial charge in [-0.1, -0.05) is 12.1 Å². The molecule has 0 amide bonds. The predicted octanol–water partition coefficient (Wildman–Crippen LogP) is 0.917. The monoisotopic (exact) mass is 219 g/mol. The number of hydrogen-bond donors (Lipinski definition) is 2. The van der Waals surface area contributed by atoms with Gasteiger partial charge in [0.05, 0.1) is 19.0 Å². The van der Waals surface area contributed by atoms with E-state index < -0.39 is 6.10 Å². The third-order valence-corrected chi connectivity index (χ3v) is 2.72. The van der Waals surface area contributed by atoms with Crippen LogP contribution in [0.15, 0.2) is 29.3 Å². The highest BCUT2D eigenvalue weighted by molar-refractivity contribution is 5.81. The number of aliphatic imine (C=N–C) groups is 1. The van der Waals surface area contributed by atoms with Crippen molar-refractivity contribution in [3.05, 3.63) is 29.8 Å². The van der Waals surface area contributed by atoms with Crippen LogP contribution in [0.5, 0.6) is 0 Å². The summed E-state index contributed by atoms with van der Waals surface area (Å²) < 4.78 is 0. The van der Waals surface area contributed by atoms with Crippen molar-refractivity contribution in [2.75, 3.05) is 24.5 Å². The van der Waals surface area contributed by atoms with Gasteiger partial charge in [0.15, 0.2) is 0 Å². The summed E-state index contributed by atoms with van der Waals surface area (Å²) in [5.74, 6) is 0. The molecule has 1 atom stereocenters. The molecule has 1 unspecified atom stereocenters. The van der Waals surface area contributed by atoms with Crippen LogP contribution >= 0.6 is 0 Å². The second-order valence-electron chi connectivity index (χ2n) is 3.90. The van der Waals surface area contributed by atoms with Crippen molar-refractivity contribution in [2.24, 2.45) is 10.7 Å². The fraction of sp³-hybridized carbons (Fsp3) is 0.417. The number of hydrogen-bond acceptors (Lipinski definition) is 4. The molecule has 2 rings (SSSR count). The molecule has 1 aromatic rings. The van der Waals surface area contributed by atoms with Gasteiger partial charge in [0.2, 0.25) is 0 Å². The van der Waals surface area contributed by atoms with E-state index in [1.807, 2.05) is 30.6 Å². The lowest BCUT2D eigenvalue weighted by atomic mass is 10.1. The first-order valence-corrected chi connectivity index (χ1v) is 5.56. The number of anilines is 1. The number of nitrogens with two attached hydrogens (primary N) is 1. The number of rotatable bonds is 4. The van der Waals surface area contributed by atoms with Gasteiger partial charge in [0.25, 0.3) is 0 Å². The van der Waals surface area contributed by atoms with Gasteiger partial charge in [0, 0.05) is 12.2 Å². The van der Waals surface area contributed by atoms with Crippen molar-refractivity contribution in [1.82, 2.24) is 0 Å². The van der Waals surface area contributed by atoms with E-state index >= 15 is 0 Å². The summed E-state index contributed by atoms with van der Waals surface area (Å²) in [6.45, 7) is 2.25. The number of benzene rings is 1. The van der Waals surface area contributed by atoms with E-state index in [2.05, 4.69) is 9.89 Å². The Kier molecular flexibility index (Phi) is 3.54. The normalized spacial score (nSPS) is 16.8. The van der Waals surface area contributed by atoms with Crippen LogP contribution in [0.2, 0.25) is 0 Å². The SMILES string of the molecule is NCCC(O)c1cccc(N2C=NCC2)c1. The molecule has 0 aromatic heterocycles. The lowest BCUT2D eigenvalue weighted by molar-refractivity contribution is 0.170. The zero-order chi connectivity index (χ0) is 11.4. The van der Waals surface area contributed by atoms with Crippen molar-refractivity contribution in [2.45, 2.75) is 12.5 Å². The summed E-state index contributed by atoms with van der Waals surface area (Å²) in [6.07, 6.45) is 1.97. The van der Waals surface area contributed by atoms with Gasteiger partial charge >= 0.3 is 0 Å². The van der Waals surface area contributed by atoms with Crippen LogP contribution < -0.4 is 10.6 Å². The van der Waals surface area contributed by atoms with Crippen molar-refractivity contribution >= 4 is 12.0 Å². The Hall–Kier alpha value is -1.39. The first kappa shape index (κ1) is 11.1. The van der Waals surface area contributed by atoms with E-state index in [9.17, 15) is 5.11 Å².